The van der Waals surface area contributed by atoms with Gasteiger partial charge in [0.15, 0.2) is 0 Å². The molecule has 0 heterocycles. The molecule has 2 rings (SSSR count). The van der Waals surface area contributed by atoms with Crippen LogP contribution in [-0.2, 0) is 0 Å². The van der Waals surface area contributed by atoms with Gasteiger partial charge in [0, 0.05) is 5.56 Å². The van der Waals surface area contributed by atoms with Crippen LogP contribution in [0.3, 0.4) is 0 Å². The van der Waals surface area contributed by atoms with Gasteiger partial charge in [-0.05, 0) is 38.6 Å². The third kappa shape index (κ3) is 2.82. The number of hydrogen-bond donors (Lipinski definition) is 1. The zero-order chi connectivity index (χ0) is 14.0. The molecule has 100 valence electrons. The monoisotopic (exact) mass is 261 g/mol. The minimum atomic E-state index is -0.529. The summed E-state index contributed by atoms with van der Waals surface area (Å²) in [6.07, 6.45) is 0. The molecule has 2 aromatic carbocycles. The molecule has 2 aromatic rings. The average molecular weight is 261 g/mol. The molecule has 1 N–H and O–H groups in total. The van der Waals surface area contributed by atoms with Crippen LogP contribution in [-0.4, -0.2) is 7.05 Å². The normalized spacial score (nSPS) is 12.5. The first-order valence-corrected chi connectivity index (χ1v) is 6.22. The van der Waals surface area contributed by atoms with Gasteiger partial charge in [-0.2, -0.15) is 0 Å². The van der Waals surface area contributed by atoms with Gasteiger partial charge in [0.2, 0.25) is 0 Å². The van der Waals surface area contributed by atoms with Crippen molar-refractivity contribution in [3.63, 3.8) is 0 Å². The van der Waals surface area contributed by atoms with Gasteiger partial charge in [-0.15, -0.1) is 0 Å². The van der Waals surface area contributed by atoms with Crippen LogP contribution in [0, 0.1) is 25.5 Å². The maximum absolute atomic E-state index is 13.9. The van der Waals surface area contributed by atoms with Crippen LogP contribution in [0.25, 0.3) is 0 Å². The molecule has 19 heavy (non-hydrogen) atoms. The summed E-state index contributed by atoms with van der Waals surface area (Å²) in [5, 5.41) is 2.99. The highest BCUT2D eigenvalue weighted by Crippen LogP contribution is 2.27. The first-order chi connectivity index (χ1) is 9.02. The summed E-state index contributed by atoms with van der Waals surface area (Å²) in [5.41, 5.74) is 3.08. The van der Waals surface area contributed by atoms with E-state index < -0.39 is 17.7 Å². The van der Waals surface area contributed by atoms with Crippen LogP contribution >= 0.6 is 0 Å². The molecular formula is C16H17F2N. The Morgan fingerprint density at radius 3 is 1.95 bits per heavy atom. The number of halogens is 2. The van der Waals surface area contributed by atoms with Gasteiger partial charge in [0.05, 0.1) is 6.04 Å². The Morgan fingerprint density at radius 1 is 0.947 bits per heavy atom. The van der Waals surface area contributed by atoms with Crippen LogP contribution in [0.2, 0.25) is 0 Å². The predicted octanol–water partition coefficient (Wildman–Crippen LogP) is 3.89. The Morgan fingerprint density at radius 2 is 1.47 bits per heavy atom. The van der Waals surface area contributed by atoms with E-state index in [1.807, 2.05) is 32.0 Å². The fraction of sp³-hybridized carbons (Fsp3) is 0.250. The maximum atomic E-state index is 13.9. The van der Waals surface area contributed by atoms with Crippen molar-refractivity contribution in [2.75, 3.05) is 7.05 Å². The van der Waals surface area contributed by atoms with Crippen LogP contribution in [0.15, 0.2) is 36.4 Å². The van der Waals surface area contributed by atoms with Crippen molar-refractivity contribution in [3.8, 4) is 0 Å². The molecule has 0 spiro atoms. The van der Waals surface area contributed by atoms with Crippen LogP contribution in [0.5, 0.6) is 0 Å². The molecule has 0 aliphatic carbocycles. The van der Waals surface area contributed by atoms with Gasteiger partial charge in [-0.3, -0.25) is 0 Å². The average Bonchev–Trinajstić information content (AvgIpc) is 2.32. The lowest BCUT2D eigenvalue weighted by molar-refractivity contribution is 0.522. The van der Waals surface area contributed by atoms with Crippen molar-refractivity contribution in [3.05, 3.63) is 70.3 Å². The Bertz CT molecular complexity index is 553. The van der Waals surface area contributed by atoms with E-state index >= 15 is 0 Å². The van der Waals surface area contributed by atoms with Crippen molar-refractivity contribution in [1.29, 1.82) is 0 Å². The Balaban J connectivity index is 2.56. The maximum Gasteiger partial charge on any atom is 0.131 e. The van der Waals surface area contributed by atoms with Gasteiger partial charge in [-0.25, -0.2) is 8.78 Å². The van der Waals surface area contributed by atoms with E-state index in [0.29, 0.717) is 0 Å². The second-order valence-corrected chi connectivity index (χ2v) is 4.78. The molecule has 1 nitrogen and oxygen atoms in total. The quantitative estimate of drug-likeness (QED) is 0.883. The summed E-state index contributed by atoms with van der Waals surface area (Å²) < 4.78 is 27.8. The summed E-state index contributed by atoms with van der Waals surface area (Å²) in [6.45, 7) is 3.95. The third-order valence-corrected chi connectivity index (χ3v) is 3.15. The van der Waals surface area contributed by atoms with Crippen molar-refractivity contribution >= 4 is 0 Å². The zero-order valence-corrected chi connectivity index (χ0v) is 11.3. The molecule has 0 saturated heterocycles. The predicted molar refractivity (Wildman–Crippen MR) is 73.2 cm³/mol. The number of nitrogens with one attached hydrogen (secondary N) is 1. The molecule has 0 fully saturated rings. The van der Waals surface area contributed by atoms with E-state index in [-0.39, 0.29) is 5.56 Å². The first kappa shape index (κ1) is 13.7. The van der Waals surface area contributed by atoms with Gasteiger partial charge in [-0.1, -0.05) is 35.4 Å². The van der Waals surface area contributed by atoms with E-state index in [9.17, 15) is 8.78 Å². The molecule has 0 amide bonds. The second kappa shape index (κ2) is 5.49. The summed E-state index contributed by atoms with van der Waals surface area (Å²) >= 11 is 0. The molecular weight excluding hydrogens is 244 g/mol. The van der Waals surface area contributed by atoms with Crippen molar-refractivity contribution in [2.45, 2.75) is 19.9 Å². The molecule has 3 heteroatoms. The molecule has 0 radical (unpaired) electrons. The van der Waals surface area contributed by atoms with Crippen LogP contribution in [0.4, 0.5) is 8.78 Å². The molecule has 0 aliphatic heterocycles. The summed E-state index contributed by atoms with van der Waals surface area (Å²) in [5.74, 6) is -1.06. The number of hydrogen-bond acceptors (Lipinski definition) is 1. The van der Waals surface area contributed by atoms with Gasteiger partial charge in [0.1, 0.15) is 11.6 Å². The van der Waals surface area contributed by atoms with E-state index in [1.165, 1.54) is 18.2 Å². The van der Waals surface area contributed by atoms with Crippen molar-refractivity contribution in [2.24, 2.45) is 0 Å². The largest absolute Gasteiger partial charge is 0.309 e. The van der Waals surface area contributed by atoms with Crippen molar-refractivity contribution in [1.82, 2.24) is 5.32 Å². The molecule has 0 aliphatic rings. The summed E-state index contributed by atoms with van der Waals surface area (Å²) in [7, 11) is 1.70. The Labute approximate surface area is 112 Å². The first-order valence-electron chi connectivity index (χ1n) is 6.22. The van der Waals surface area contributed by atoms with Crippen LogP contribution in [0.1, 0.15) is 28.3 Å². The number of rotatable bonds is 3. The van der Waals surface area contributed by atoms with E-state index in [4.69, 9.17) is 0 Å². The summed E-state index contributed by atoms with van der Waals surface area (Å²) in [4.78, 5) is 0. The Kier molecular flexibility index (Phi) is 3.96. The van der Waals surface area contributed by atoms with E-state index in [0.717, 1.165) is 16.7 Å². The summed E-state index contributed by atoms with van der Waals surface area (Å²) in [6, 6.07) is 9.38. The fourth-order valence-corrected chi connectivity index (χ4v) is 2.44. The fourth-order valence-electron chi connectivity index (χ4n) is 2.44. The van der Waals surface area contributed by atoms with E-state index in [1.54, 1.807) is 7.05 Å². The molecule has 0 bridgehead atoms. The second-order valence-electron chi connectivity index (χ2n) is 4.78. The highest BCUT2D eigenvalue weighted by molar-refractivity contribution is 5.38. The smallest absolute Gasteiger partial charge is 0.131 e. The topological polar surface area (TPSA) is 12.0 Å². The lowest BCUT2D eigenvalue weighted by Gasteiger charge is -2.19. The van der Waals surface area contributed by atoms with Gasteiger partial charge >= 0.3 is 0 Å². The van der Waals surface area contributed by atoms with E-state index in [2.05, 4.69) is 5.32 Å². The highest BCUT2D eigenvalue weighted by Gasteiger charge is 2.20. The lowest BCUT2D eigenvalue weighted by atomic mass is 9.95. The highest BCUT2D eigenvalue weighted by atomic mass is 19.1. The molecule has 1 unspecified atom stereocenters. The molecule has 1 atom stereocenters. The number of aryl methyl sites for hydroxylation is 2. The minimum Gasteiger partial charge on any atom is -0.309 e. The standard InChI is InChI=1S/C16H17F2N/c1-10-7-11(2)9-12(8-10)16(19-3)15-13(17)5-4-6-14(15)18/h4-9,16,19H,1-3H3. The SMILES string of the molecule is CNC(c1cc(C)cc(C)c1)c1c(F)cccc1F. The Hall–Kier alpha value is -1.74. The van der Waals surface area contributed by atoms with Gasteiger partial charge < -0.3 is 5.32 Å². The lowest BCUT2D eigenvalue weighted by Crippen LogP contribution is -2.20. The third-order valence-electron chi connectivity index (χ3n) is 3.15. The number of benzene rings is 2. The molecule has 0 saturated carbocycles. The van der Waals surface area contributed by atoms with Crippen molar-refractivity contribution < 1.29 is 8.78 Å². The minimum absolute atomic E-state index is 0.0648. The van der Waals surface area contributed by atoms with Gasteiger partial charge in [0.25, 0.3) is 0 Å². The molecule has 0 aromatic heterocycles. The van der Waals surface area contributed by atoms with Crippen LogP contribution < -0.4 is 5.32 Å². The zero-order valence-electron chi connectivity index (χ0n) is 11.3.